The highest BCUT2D eigenvalue weighted by Gasteiger charge is 2.02. The van der Waals surface area contributed by atoms with Gasteiger partial charge in [-0.1, -0.05) is 6.08 Å². The van der Waals surface area contributed by atoms with Crippen LogP contribution in [0.25, 0.3) is 0 Å². The lowest BCUT2D eigenvalue weighted by Gasteiger charge is -2.00. The summed E-state index contributed by atoms with van der Waals surface area (Å²) in [6, 6.07) is 0. The summed E-state index contributed by atoms with van der Waals surface area (Å²) in [6.45, 7) is 4.67. The molecule has 1 rings (SSSR count). The van der Waals surface area contributed by atoms with Crippen molar-refractivity contribution in [2.24, 2.45) is 0 Å². The normalized spacial score (nSPS) is 11.6. The van der Waals surface area contributed by atoms with E-state index in [0.717, 1.165) is 5.76 Å². The van der Waals surface area contributed by atoms with Gasteiger partial charge in [0.15, 0.2) is 0 Å². The van der Waals surface area contributed by atoms with E-state index in [1.807, 2.05) is 6.92 Å². The van der Waals surface area contributed by atoms with Gasteiger partial charge in [0.1, 0.15) is 5.76 Å². The molecule has 1 aromatic heterocycles. The molecule has 0 saturated carbocycles. The molecule has 0 aliphatic heterocycles. The summed E-state index contributed by atoms with van der Waals surface area (Å²) in [7, 11) is 1.36. The van der Waals surface area contributed by atoms with E-state index >= 15 is 0 Å². The SMILES string of the molecule is COC(=O)/C(C)=C/CNCc1ncc(C)o1. The number of aromatic nitrogens is 1. The molecule has 0 atom stereocenters. The van der Waals surface area contributed by atoms with Crippen LogP contribution in [0.1, 0.15) is 18.6 Å². The number of methoxy groups -OCH3 is 1. The molecule has 1 N–H and O–H groups in total. The second kappa shape index (κ2) is 6.07. The first-order valence-electron chi connectivity index (χ1n) is 5.00. The number of esters is 1. The van der Waals surface area contributed by atoms with Crippen LogP contribution in [0.2, 0.25) is 0 Å². The number of carbonyl (C=O) groups is 1. The van der Waals surface area contributed by atoms with E-state index in [1.165, 1.54) is 7.11 Å². The van der Waals surface area contributed by atoms with E-state index in [4.69, 9.17) is 4.42 Å². The smallest absolute Gasteiger partial charge is 0.333 e. The van der Waals surface area contributed by atoms with Gasteiger partial charge in [-0.2, -0.15) is 0 Å². The van der Waals surface area contributed by atoms with Gasteiger partial charge in [0.25, 0.3) is 0 Å². The third kappa shape index (κ3) is 3.86. The number of rotatable bonds is 5. The van der Waals surface area contributed by atoms with E-state index in [1.54, 1.807) is 19.2 Å². The van der Waals surface area contributed by atoms with Crippen molar-refractivity contribution >= 4 is 5.97 Å². The lowest BCUT2D eigenvalue weighted by molar-refractivity contribution is -0.136. The molecular weight excluding hydrogens is 208 g/mol. The Bertz CT molecular complexity index is 382. The van der Waals surface area contributed by atoms with Crippen molar-refractivity contribution in [1.82, 2.24) is 10.3 Å². The molecular formula is C11H16N2O3. The molecule has 5 nitrogen and oxygen atoms in total. The van der Waals surface area contributed by atoms with E-state index < -0.39 is 0 Å². The minimum absolute atomic E-state index is 0.311. The summed E-state index contributed by atoms with van der Waals surface area (Å²) >= 11 is 0. The van der Waals surface area contributed by atoms with Crippen LogP contribution in [0.15, 0.2) is 22.3 Å². The lowest BCUT2D eigenvalue weighted by Crippen LogP contribution is -2.14. The second-order valence-electron chi connectivity index (χ2n) is 3.37. The van der Waals surface area contributed by atoms with Crippen LogP contribution in [0.3, 0.4) is 0 Å². The van der Waals surface area contributed by atoms with E-state index in [-0.39, 0.29) is 5.97 Å². The zero-order valence-electron chi connectivity index (χ0n) is 9.74. The Balaban J connectivity index is 2.28. The summed E-state index contributed by atoms with van der Waals surface area (Å²) in [4.78, 5) is 15.1. The molecule has 0 bridgehead atoms. The van der Waals surface area contributed by atoms with Crippen LogP contribution < -0.4 is 5.32 Å². The van der Waals surface area contributed by atoms with Crippen molar-refractivity contribution in [2.75, 3.05) is 13.7 Å². The lowest BCUT2D eigenvalue weighted by atomic mass is 10.3. The third-order valence-electron chi connectivity index (χ3n) is 2.01. The van der Waals surface area contributed by atoms with Gasteiger partial charge >= 0.3 is 5.97 Å². The minimum atomic E-state index is -0.311. The molecule has 1 heterocycles. The Kier molecular flexibility index (Phi) is 4.72. The first-order chi connectivity index (χ1) is 7.63. The number of hydrogen-bond acceptors (Lipinski definition) is 5. The van der Waals surface area contributed by atoms with Gasteiger partial charge in [0.2, 0.25) is 5.89 Å². The molecule has 16 heavy (non-hydrogen) atoms. The Hall–Kier alpha value is -1.62. The topological polar surface area (TPSA) is 64.4 Å². The molecule has 0 aliphatic carbocycles. The quantitative estimate of drug-likeness (QED) is 0.462. The third-order valence-corrected chi connectivity index (χ3v) is 2.01. The van der Waals surface area contributed by atoms with Crippen LogP contribution >= 0.6 is 0 Å². The maximum absolute atomic E-state index is 11.0. The summed E-state index contributed by atoms with van der Waals surface area (Å²) in [5.41, 5.74) is 0.582. The maximum Gasteiger partial charge on any atom is 0.333 e. The van der Waals surface area contributed by atoms with Crippen molar-refractivity contribution in [2.45, 2.75) is 20.4 Å². The average molecular weight is 224 g/mol. The average Bonchev–Trinajstić information content (AvgIpc) is 2.69. The van der Waals surface area contributed by atoms with Crippen molar-refractivity contribution in [1.29, 1.82) is 0 Å². The van der Waals surface area contributed by atoms with Crippen molar-refractivity contribution < 1.29 is 13.9 Å². The maximum atomic E-state index is 11.0. The van der Waals surface area contributed by atoms with Gasteiger partial charge in [-0.05, 0) is 13.8 Å². The number of aryl methyl sites for hydroxylation is 1. The molecule has 0 saturated heterocycles. The first kappa shape index (κ1) is 12.4. The van der Waals surface area contributed by atoms with Crippen LogP contribution in [-0.4, -0.2) is 24.6 Å². The summed E-state index contributed by atoms with van der Waals surface area (Å²) in [6.07, 6.45) is 3.44. The van der Waals surface area contributed by atoms with E-state index in [9.17, 15) is 4.79 Å². The molecule has 0 fully saturated rings. The Morgan fingerprint density at radius 2 is 2.44 bits per heavy atom. The van der Waals surface area contributed by atoms with Gasteiger partial charge in [0.05, 0.1) is 19.9 Å². The first-order valence-corrected chi connectivity index (χ1v) is 5.00. The van der Waals surface area contributed by atoms with Crippen LogP contribution in [0.5, 0.6) is 0 Å². The number of oxazole rings is 1. The predicted octanol–water partition coefficient (Wildman–Crippen LogP) is 1.19. The van der Waals surface area contributed by atoms with Crippen molar-refractivity contribution in [3.63, 3.8) is 0 Å². The summed E-state index contributed by atoms with van der Waals surface area (Å²) in [5.74, 6) is 1.12. The van der Waals surface area contributed by atoms with E-state index in [2.05, 4.69) is 15.0 Å². The molecule has 0 unspecified atom stereocenters. The van der Waals surface area contributed by atoms with Crippen molar-refractivity contribution in [3.05, 3.63) is 29.5 Å². The number of nitrogens with one attached hydrogen (secondary N) is 1. The van der Waals surface area contributed by atoms with Gasteiger partial charge in [0, 0.05) is 12.1 Å². The molecule has 0 radical (unpaired) electrons. The monoisotopic (exact) mass is 224 g/mol. The molecule has 0 spiro atoms. The van der Waals surface area contributed by atoms with Crippen LogP contribution in [0.4, 0.5) is 0 Å². The van der Waals surface area contributed by atoms with Crippen LogP contribution in [0, 0.1) is 6.92 Å². The van der Waals surface area contributed by atoms with Gasteiger partial charge in [-0.15, -0.1) is 0 Å². The van der Waals surface area contributed by atoms with Crippen LogP contribution in [-0.2, 0) is 16.1 Å². The number of ether oxygens (including phenoxy) is 1. The number of hydrogen-bond donors (Lipinski definition) is 1. The summed E-state index contributed by atoms with van der Waals surface area (Å²) < 4.78 is 9.84. The highest BCUT2D eigenvalue weighted by molar-refractivity contribution is 5.87. The van der Waals surface area contributed by atoms with E-state index in [0.29, 0.717) is 24.6 Å². The Labute approximate surface area is 94.5 Å². The molecule has 0 amide bonds. The fourth-order valence-electron chi connectivity index (χ4n) is 1.13. The molecule has 0 aliphatic rings. The van der Waals surface area contributed by atoms with Gasteiger partial charge < -0.3 is 14.5 Å². The summed E-state index contributed by atoms with van der Waals surface area (Å²) in [5, 5.41) is 3.08. The molecule has 1 aromatic rings. The Morgan fingerprint density at radius 3 is 3.00 bits per heavy atom. The fourth-order valence-corrected chi connectivity index (χ4v) is 1.13. The highest BCUT2D eigenvalue weighted by Crippen LogP contribution is 2.00. The number of nitrogens with zero attached hydrogens (tertiary/aromatic N) is 1. The number of carbonyl (C=O) groups excluding carboxylic acids is 1. The Morgan fingerprint density at radius 1 is 1.69 bits per heavy atom. The predicted molar refractivity (Wildman–Crippen MR) is 58.7 cm³/mol. The van der Waals surface area contributed by atoms with Gasteiger partial charge in [-0.3, -0.25) is 0 Å². The molecule has 0 aromatic carbocycles. The second-order valence-corrected chi connectivity index (χ2v) is 3.37. The molecule has 5 heteroatoms. The van der Waals surface area contributed by atoms with Gasteiger partial charge in [-0.25, -0.2) is 9.78 Å². The standard InChI is InChI=1S/C11H16N2O3/c1-8(11(14)15-3)4-5-12-7-10-13-6-9(2)16-10/h4,6,12H,5,7H2,1-3H3/b8-4+. The highest BCUT2D eigenvalue weighted by atomic mass is 16.5. The fraction of sp³-hybridized carbons (Fsp3) is 0.455. The van der Waals surface area contributed by atoms with Crippen molar-refractivity contribution in [3.8, 4) is 0 Å². The largest absolute Gasteiger partial charge is 0.466 e. The zero-order valence-corrected chi connectivity index (χ0v) is 9.74. The zero-order chi connectivity index (χ0) is 12.0. The molecule has 88 valence electrons. The minimum Gasteiger partial charge on any atom is -0.466 e.